The van der Waals surface area contributed by atoms with Crippen LogP contribution in [0.3, 0.4) is 0 Å². The molecule has 118 valence electrons. The number of carbonyl (C=O) groups excluding carboxylic acids is 1. The third-order valence-electron chi connectivity index (χ3n) is 6.35. The number of carbonyl (C=O) groups is 1. The molecule has 0 aliphatic heterocycles. The van der Waals surface area contributed by atoms with Gasteiger partial charge < -0.3 is 4.74 Å². The normalized spacial score (nSPS) is 46.5. The molecule has 0 aromatic carbocycles. The third-order valence-corrected chi connectivity index (χ3v) is 7.22. The summed E-state index contributed by atoms with van der Waals surface area (Å²) < 4.78 is 60.4. The smallest absolute Gasteiger partial charge is 0.402 e. The Labute approximate surface area is 120 Å². The summed E-state index contributed by atoms with van der Waals surface area (Å²) in [6, 6.07) is 0. The van der Waals surface area contributed by atoms with Crippen LogP contribution in [-0.2, 0) is 19.6 Å². The van der Waals surface area contributed by atoms with Crippen LogP contribution in [0, 0.1) is 28.6 Å². The molecule has 4 saturated carbocycles. The zero-order chi connectivity index (χ0) is 15.3. The van der Waals surface area contributed by atoms with E-state index in [9.17, 15) is 22.0 Å². The fraction of sp³-hybridized carbons (Fsp3) is 0.923. The topological polar surface area (TPSA) is 80.7 Å². The first-order valence-electron chi connectivity index (χ1n) is 7.13. The van der Waals surface area contributed by atoms with Gasteiger partial charge in [-0.25, -0.2) is 0 Å². The van der Waals surface area contributed by atoms with E-state index in [1.807, 2.05) is 0 Å². The Bertz CT molecular complexity index is 632. The molecule has 4 rings (SSSR count). The lowest BCUT2D eigenvalue weighted by atomic mass is 9.58. The van der Waals surface area contributed by atoms with E-state index < -0.39 is 33.4 Å². The molecule has 8 heteroatoms. The predicted molar refractivity (Wildman–Crippen MR) is 65.9 cm³/mol. The van der Waals surface area contributed by atoms with Crippen molar-refractivity contribution in [2.24, 2.45) is 28.6 Å². The summed E-state index contributed by atoms with van der Waals surface area (Å²) in [7, 11) is -5.56. The molecule has 1 N–H and O–H groups in total. The maximum atomic E-state index is 13.2. The summed E-state index contributed by atoms with van der Waals surface area (Å²) in [5.74, 6) is 0.950. The lowest BCUT2D eigenvalue weighted by molar-refractivity contribution is -0.162. The van der Waals surface area contributed by atoms with Gasteiger partial charge in [-0.1, -0.05) is 0 Å². The molecule has 0 aromatic rings. The zero-order valence-corrected chi connectivity index (χ0v) is 12.0. The van der Waals surface area contributed by atoms with Crippen LogP contribution in [0.15, 0.2) is 0 Å². The van der Waals surface area contributed by atoms with Crippen LogP contribution in [0.25, 0.3) is 0 Å². The molecular formula is C13H16F2O5S. The maximum absolute atomic E-state index is 13.2. The summed E-state index contributed by atoms with van der Waals surface area (Å²) in [5, 5.41) is -4.45. The number of esters is 1. The van der Waals surface area contributed by atoms with Crippen LogP contribution in [0.4, 0.5) is 8.78 Å². The molecule has 3 unspecified atom stereocenters. The maximum Gasteiger partial charge on any atom is 0.402 e. The molecule has 0 saturated heterocycles. The Morgan fingerprint density at radius 2 is 2.05 bits per heavy atom. The van der Waals surface area contributed by atoms with Crippen LogP contribution in [0.5, 0.6) is 0 Å². The van der Waals surface area contributed by atoms with Gasteiger partial charge in [-0.3, -0.25) is 9.35 Å². The molecule has 1 spiro atoms. The third kappa shape index (κ3) is 1.52. The standard InChI is InChI=1S/C13H16F2O5S/c14-13(15,21(17,18)19)6-20-10(16)12-3-7-1-8-4-11(12,5-12)9(8)2-7/h7-9H,1-6H2,(H,17,18,19)/t7?,8?,9-,11?,12+/m1/s1. The van der Waals surface area contributed by atoms with Gasteiger partial charge in [-0.2, -0.15) is 17.2 Å². The quantitative estimate of drug-likeness (QED) is 0.631. The van der Waals surface area contributed by atoms with Gasteiger partial charge in [0.25, 0.3) is 0 Å². The SMILES string of the molecule is O=C(OCC(F)(F)S(=O)(=O)O)[C@@]12CC3CC4CC1(C2)[C@@H]4C3. The van der Waals surface area contributed by atoms with Crippen molar-refractivity contribution in [3.63, 3.8) is 0 Å². The molecule has 5 nitrogen and oxygen atoms in total. The number of hydrogen-bond donors (Lipinski definition) is 1. The molecule has 4 aliphatic rings. The van der Waals surface area contributed by atoms with Crippen LogP contribution >= 0.6 is 0 Å². The summed E-state index contributed by atoms with van der Waals surface area (Å²) in [6.07, 6.45) is 4.58. The Kier molecular flexibility index (Phi) is 2.37. The number of halogens is 2. The lowest BCUT2D eigenvalue weighted by Gasteiger charge is -2.45. The van der Waals surface area contributed by atoms with Gasteiger partial charge in [0, 0.05) is 0 Å². The van der Waals surface area contributed by atoms with E-state index in [0.717, 1.165) is 19.3 Å². The Morgan fingerprint density at radius 3 is 2.71 bits per heavy atom. The molecule has 4 aliphatic carbocycles. The predicted octanol–water partition coefficient (Wildman–Crippen LogP) is 1.84. The average Bonchev–Trinajstić information content (AvgIpc) is 2.97. The number of ether oxygens (including phenoxy) is 1. The van der Waals surface area contributed by atoms with Gasteiger partial charge in [0.2, 0.25) is 0 Å². The van der Waals surface area contributed by atoms with Crippen molar-refractivity contribution in [3.8, 4) is 0 Å². The second-order valence-electron chi connectivity index (χ2n) is 7.22. The number of rotatable bonds is 4. The minimum atomic E-state index is -5.56. The molecule has 0 heterocycles. The minimum Gasteiger partial charge on any atom is -0.457 e. The Balaban J connectivity index is 1.48. The molecule has 2 bridgehead atoms. The van der Waals surface area contributed by atoms with E-state index >= 15 is 0 Å². The Hall–Kier alpha value is -0.760. The molecule has 0 amide bonds. The van der Waals surface area contributed by atoms with Gasteiger partial charge in [-0.05, 0) is 55.3 Å². The summed E-state index contributed by atoms with van der Waals surface area (Å²) in [4.78, 5) is 12.3. The van der Waals surface area contributed by atoms with Crippen molar-refractivity contribution < 1.29 is 31.3 Å². The van der Waals surface area contributed by atoms with Crippen molar-refractivity contribution in [2.45, 2.75) is 37.4 Å². The van der Waals surface area contributed by atoms with Gasteiger partial charge in [-0.15, -0.1) is 0 Å². The van der Waals surface area contributed by atoms with Gasteiger partial charge in [0.1, 0.15) is 0 Å². The van der Waals surface area contributed by atoms with E-state index in [1.54, 1.807) is 0 Å². The highest BCUT2D eigenvalue weighted by Crippen LogP contribution is 2.87. The first kappa shape index (κ1) is 13.9. The molecule has 0 radical (unpaired) electrons. The average molecular weight is 322 g/mol. The highest BCUT2D eigenvalue weighted by molar-refractivity contribution is 7.86. The summed E-state index contributed by atoms with van der Waals surface area (Å²) in [5.41, 5.74) is -0.724. The van der Waals surface area contributed by atoms with Gasteiger partial charge in [0.15, 0.2) is 6.61 Å². The van der Waals surface area contributed by atoms with Crippen LogP contribution in [-0.4, -0.2) is 30.8 Å². The van der Waals surface area contributed by atoms with Gasteiger partial charge in [0.05, 0.1) is 5.41 Å². The fourth-order valence-corrected chi connectivity index (χ4v) is 5.71. The van der Waals surface area contributed by atoms with E-state index in [4.69, 9.17) is 4.55 Å². The molecule has 4 fully saturated rings. The van der Waals surface area contributed by atoms with Crippen molar-refractivity contribution >= 4 is 16.1 Å². The second-order valence-corrected chi connectivity index (χ2v) is 8.76. The van der Waals surface area contributed by atoms with Crippen LogP contribution < -0.4 is 0 Å². The monoisotopic (exact) mass is 322 g/mol. The van der Waals surface area contributed by atoms with E-state index in [2.05, 4.69) is 4.74 Å². The first-order valence-corrected chi connectivity index (χ1v) is 8.57. The summed E-state index contributed by atoms with van der Waals surface area (Å²) in [6.45, 7) is -1.61. The zero-order valence-electron chi connectivity index (χ0n) is 11.2. The van der Waals surface area contributed by atoms with Crippen LogP contribution in [0.2, 0.25) is 0 Å². The van der Waals surface area contributed by atoms with Crippen molar-refractivity contribution in [1.29, 1.82) is 0 Å². The molecular weight excluding hydrogens is 306 g/mol. The highest BCUT2D eigenvalue weighted by atomic mass is 32.2. The van der Waals surface area contributed by atoms with Crippen molar-refractivity contribution in [3.05, 3.63) is 0 Å². The highest BCUT2D eigenvalue weighted by Gasteiger charge is 2.84. The fourth-order valence-electron chi connectivity index (χ4n) is 5.50. The molecule has 21 heavy (non-hydrogen) atoms. The number of alkyl halides is 2. The van der Waals surface area contributed by atoms with Crippen molar-refractivity contribution in [2.75, 3.05) is 6.61 Å². The van der Waals surface area contributed by atoms with E-state index in [1.165, 1.54) is 0 Å². The molecule has 0 aromatic heterocycles. The van der Waals surface area contributed by atoms with Gasteiger partial charge >= 0.3 is 21.3 Å². The Morgan fingerprint density at radius 1 is 1.33 bits per heavy atom. The minimum absolute atomic E-state index is 0.0604. The number of fused-ring (bicyclic) bond motifs is 1. The van der Waals surface area contributed by atoms with E-state index in [0.29, 0.717) is 30.6 Å². The van der Waals surface area contributed by atoms with Crippen LogP contribution in [0.1, 0.15) is 32.1 Å². The van der Waals surface area contributed by atoms with Crippen molar-refractivity contribution in [1.82, 2.24) is 0 Å². The second kappa shape index (κ2) is 3.59. The lowest BCUT2D eigenvalue weighted by Crippen LogP contribution is -2.44. The summed E-state index contributed by atoms with van der Waals surface area (Å²) >= 11 is 0. The van der Waals surface area contributed by atoms with E-state index in [-0.39, 0.29) is 5.41 Å². The molecule has 5 atom stereocenters. The first-order chi connectivity index (χ1) is 9.61. The number of hydrogen-bond acceptors (Lipinski definition) is 4. The largest absolute Gasteiger partial charge is 0.457 e.